The van der Waals surface area contributed by atoms with Crippen LogP contribution in [0.15, 0.2) is 29.2 Å². The van der Waals surface area contributed by atoms with Gasteiger partial charge in [0.05, 0.1) is 17.4 Å². The van der Waals surface area contributed by atoms with Crippen molar-refractivity contribution in [3.8, 4) is 5.75 Å². The van der Waals surface area contributed by atoms with E-state index in [0.29, 0.717) is 37.2 Å². The highest BCUT2D eigenvalue weighted by molar-refractivity contribution is 7.90. The standard InChI is InChI=1S/C19H28N2O4S.ClH/c1-21(19(22)17-13-4-5-14(12-13)18(17)20)10-3-11-25-15-6-8-16(9-7-15)26(2,23)24;/h6-9,13-14,17-18H,3-5,10-12,20H2,1-2H3;1H. The molecule has 0 spiro atoms. The predicted octanol–water partition coefficient (Wildman–Crippen LogP) is 2.11. The van der Waals surface area contributed by atoms with E-state index in [0.717, 1.165) is 12.8 Å². The van der Waals surface area contributed by atoms with Gasteiger partial charge in [0.2, 0.25) is 5.91 Å². The molecule has 0 heterocycles. The molecule has 1 aromatic carbocycles. The van der Waals surface area contributed by atoms with Crippen LogP contribution in [0.5, 0.6) is 5.75 Å². The number of nitrogens with two attached hydrogens (primary N) is 1. The summed E-state index contributed by atoms with van der Waals surface area (Å²) in [6.07, 6.45) is 5.31. The van der Waals surface area contributed by atoms with Crippen LogP contribution in [0, 0.1) is 17.8 Å². The van der Waals surface area contributed by atoms with E-state index in [1.54, 1.807) is 17.0 Å². The van der Waals surface area contributed by atoms with E-state index < -0.39 is 9.84 Å². The third-order valence-electron chi connectivity index (χ3n) is 5.80. The Morgan fingerprint density at radius 1 is 1.22 bits per heavy atom. The van der Waals surface area contributed by atoms with Gasteiger partial charge in [-0.05, 0) is 61.8 Å². The molecule has 2 aliphatic carbocycles. The number of sulfone groups is 1. The monoisotopic (exact) mass is 416 g/mol. The normalized spacial score (nSPS) is 26.5. The molecule has 152 valence electrons. The summed E-state index contributed by atoms with van der Waals surface area (Å²) in [6, 6.07) is 6.40. The zero-order valence-electron chi connectivity index (χ0n) is 15.8. The molecule has 3 rings (SSSR count). The molecule has 1 aromatic rings. The zero-order valence-corrected chi connectivity index (χ0v) is 17.5. The lowest BCUT2D eigenvalue weighted by Gasteiger charge is -2.30. The summed E-state index contributed by atoms with van der Waals surface area (Å²) in [6.45, 7) is 1.10. The SMILES string of the molecule is CN(CCCOc1ccc(S(C)(=O)=O)cc1)C(=O)C1C2CCC(C2)C1N.Cl. The van der Waals surface area contributed by atoms with E-state index >= 15 is 0 Å². The summed E-state index contributed by atoms with van der Waals surface area (Å²) in [5.41, 5.74) is 6.26. The minimum absolute atomic E-state index is 0. The maximum Gasteiger partial charge on any atom is 0.227 e. The molecule has 6 nitrogen and oxygen atoms in total. The number of nitrogens with zero attached hydrogens (tertiary/aromatic N) is 1. The molecule has 0 aromatic heterocycles. The molecular weight excluding hydrogens is 388 g/mol. The quantitative estimate of drug-likeness (QED) is 0.687. The van der Waals surface area contributed by atoms with Gasteiger partial charge in [-0.25, -0.2) is 8.42 Å². The van der Waals surface area contributed by atoms with Crippen LogP contribution in [0.25, 0.3) is 0 Å². The largest absolute Gasteiger partial charge is 0.494 e. The molecule has 2 N–H and O–H groups in total. The van der Waals surface area contributed by atoms with Gasteiger partial charge in [-0.1, -0.05) is 0 Å². The van der Waals surface area contributed by atoms with Crippen LogP contribution < -0.4 is 10.5 Å². The first-order valence-corrected chi connectivity index (χ1v) is 11.1. The number of hydrogen-bond donors (Lipinski definition) is 1. The molecule has 2 aliphatic rings. The van der Waals surface area contributed by atoms with Crippen LogP contribution in [-0.2, 0) is 14.6 Å². The van der Waals surface area contributed by atoms with Crippen molar-refractivity contribution in [3.63, 3.8) is 0 Å². The van der Waals surface area contributed by atoms with Crippen LogP contribution in [0.1, 0.15) is 25.7 Å². The number of rotatable bonds is 7. The van der Waals surface area contributed by atoms with E-state index in [2.05, 4.69) is 0 Å². The molecule has 8 heteroatoms. The van der Waals surface area contributed by atoms with E-state index in [-0.39, 0.29) is 35.2 Å². The van der Waals surface area contributed by atoms with Crippen molar-refractivity contribution >= 4 is 28.2 Å². The van der Waals surface area contributed by atoms with Gasteiger partial charge < -0.3 is 15.4 Å². The van der Waals surface area contributed by atoms with Crippen LogP contribution >= 0.6 is 12.4 Å². The highest BCUT2D eigenvalue weighted by Crippen LogP contribution is 2.48. The van der Waals surface area contributed by atoms with Gasteiger partial charge in [0.15, 0.2) is 9.84 Å². The first kappa shape index (κ1) is 22.0. The van der Waals surface area contributed by atoms with Crippen molar-refractivity contribution in [1.82, 2.24) is 4.90 Å². The Kier molecular flexibility index (Phi) is 7.16. The highest BCUT2D eigenvalue weighted by Gasteiger charge is 2.49. The molecule has 1 amide bonds. The lowest BCUT2D eigenvalue weighted by Crippen LogP contribution is -2.46. The number of benzene rings is 1. The fraction of sp³-hybridized carbons (Fsp3) is 0.632. The molecule has 27 heavy (non-hydrogen) atoms. The Bertz CT molecular complexity index is 751. The Labute approximate surface area is 167 Å². The second kappa shape index (κ2) is 8.80. The number of ether oxygens (including phenoxy) is 1. The van der Waals surface area contributed by atoms with Crippen molar-refractivity contribution in [1.29, 1.82) is 0 Å². The molecule has 4 unspecified atom stereocenters. The summed E-state index contributed by atoms with van der Waals surface area (Å²) in [7, 11) is -1.36. The molecule has 4 atom stereocenters. The summed E-state index contributed by atoms with van der Waals surface area (Å²) >= 11 is 0. The van der Waals surface area contributed by atoms with Crippen molar-refractivity contribution in [3.05, 3.63) is 24.3 Å². The molecular formula is C19H29ClN2O4S. The smallest absolute Gasteiger partial charge is 0.227 e. The van der Waals surface area contributed by atoms with E-state index in [1.807, 2.05) is 7.05 Å². The maximum absolute atomic E-state index is 12.7. The third kappa shape index (κ3) is 4.95. The van der Waals surface area contributed by atoms with Gasteiger partial charge in [0.25, 0.3) is 0 Å². The minimum Gasteiger partial charge on any atom is -0.494 e. The summed E-state index contributed by atoms with van der Waals surface area (Å²) in [4.78, 5) is 14.7. The van der Waals surface area contributed by atoms with Crippen LogP contribution in [-0.4, -0.2) is 51.7 Å². The number of hydrogen-bond acceptors (Lipinski definition) is 5. The predicted molar refractivity (Wildman–Crippen MR) is 107 cm³/mol. The minimum atomic E-state index is -3.19. The first-order chi connectivity index (χ1) is 12.3. The number of fused-ring (bicyclic) bond motifs is 2. The van der Waals surface area contributed by atoms with Gasteiger partial charge >= 0.3 is 0 Å². The zero-order chi connectivity index (χ0) is 18.9. The Balaban J connectivity index is 0.00000261. The van der Waals surface area contributed by atoms with E-state index in [9.17, 15) is 13.2 Å². The van der Waals surface area contributed by atoms with E-state index in [1.165, 1.54) is 24.8 Å². The van der Waals surface area contributed by atoms with Crippen LogP contribution in [0.4, 0.5) is 0 Å². The fourth-order valence-corrected chi connectivity index (χ4v) is 4.97. The van der Waals surface area contributed by atoms with Gasteiger partial charge in [-0.2, -0.15) is 0 Å². The second-order valence-corrected chi connectivity index (χ2v) is 9.66. The Morgan fingerprint density at radius 2 is 1.85 bits per heavy atom. The Hall–Kier alpha value is -1.31. The molecule has 0 saturated heterocycles. The van der Waals surface area contributed by atoms with Crippen molar-refractivity contribution in [2.75, 3.05) is 26.5 Å². The number of halogens is 1. The number of amides is 1. The topological polar surface area (TPSA) is 89.7 Å². The van der Waals surface area contributed by atoms with Crippen LogP contribution in [0.3, 0.4) is 0 Å². The summed E-state index contributed by atoms with van der Waals surface area (Å²) < 4.78 is 28.5. The third-order valence-corrected chi connectivity index (χ3v) is 6.93. The van der Waals surface area contributed by atoms with Crippen LogP contribution in [0.2, 0.25) is 0 Å². The summed E-state index contributed by atoms with van der Waals surface area (Å²) in [5, 5.41) is 0. The number of carbonyl (C=O) groups is 1. The fourth-order valence-electron chi connectivity index (χ4n) is 4.34. The van der Waals surface area contributed by atoms with Gasteiger partial charge in [0, 0.05) is 25.9 Å². The highest BCUT2D eigenvalue weighted by atomic mass is 35.5. The van der Waals surface area contributed by atoms with E-state index in [4.69, 9.17) is 10.5 Å². The van der Waals surface area contributed by atoms with Crippen molar-refractivity contribution in [2.24, 2.45) is 23.5 Å². The van der Waals surface area contributed by atoms with Crippen molar-refractivity contribution < 1.29 is 17.9 Å². The lowest BCUT2D eigenvalue weighted by molar-refractivity contribution is -0.136. The molecule has 0 radical (unpaired) electrons. The van der Waals surface area contributed by atoms with Gasteiger partial charge in [-0.3, -0.25) is 4.79 Å². The van der Waals surface area contributed by atoms with Gasteiger partial charge in [-0.15, -0.1) is 12.4 Å². The lowest BCUT2D eigenvalue weighted by atomic mass is 9.84. The maximum atomic E-state index is 12.7. The summed E-state index contributed by atoms with van der Waals surface area (Å²) in [5.74, 6) is 1.78. The molecule has 2 fully saturated rings. The Morgan fingerprint density at radius 3 is 2.41 bits per heavy atom. The molecule has 0 aliphatic heterocycles. The second-order valence-electron chi connectivity index (χ2n) is 7.64. The first-order valence-electron chi connectivity index (χ1n) is 9.21. The molecule has 2 saturated carbocycles. The van der Waals surface area contributed by atoms with Gasteiger partial charge in [0.1, 0.15) is 5.75 Å². The van der Waals surface area contributed by atoms with Crippen molar-refractivity contribution in [2.45, 2.75) is 36.6 Å². The average Bonchev–Trinajstić information content (AvgIpc) is 3.18. The molecule has 2 bridgehead atoms. The average molecular weight is 417 g/mol. The number of carbonyl (C=O) groups excluding carboxylic acids is 1.